The Bertz CT molecular complexity index is 1040. The lowest BCUT2D eigenvalue weighted by Gasteiger charge is -2.15. The van der Waals surface area contributed by atoms with Gasteiger partial charge in [-0.1, -0.05) is 32.0 Å². The van der Waals surface area contributed by atoms with Gasteiger partial charge in [0.25, 0.3) is 5.56 Å². The average Bonchev–Trinajstić information content (AvgIpc) is 2.62. The first-order valence-corrected chi connectivity index (χ1v) is 8.94. The van der Waals surface area contributed by atoms with Crippen molar-refractivity contribution in [1.29, 1.82) is 0 Å². The van der Waals surface area contributed by atoms with Gasteiger partial charge >= 0.3 is 5.97 Å². The van der Waals surface area contributed by atoms with E-state index in [1.807, 2.05) is 6.07 Å². The van der Waals surface area contributed by atoms with E-state index in [0.29, 0.717) is 22.6 Å². The molecule has 0 aliphatic heterocycles. The summed E-state index contributed by atoms with van der Waals surface area (Å²) in [7, 11) is 0. The number of fused-ring (bicyclic) bond motifs is 1. The van der Waals surface area contributed by atoms with Gasteiger partial charge in [-0.2, -0.15) is 0 Å². The molecule has 0 saturated carbocycles. The second kappa shape index (κ2) is 7.61. The molecule has 1 aromatic carbocycles. The van der Waals surface area contributed by atoms with Crippen LogP contribution < -0.4 is 5.56 Å². The summed E-state index contributed by atoms with van der Waals surface area (Å²) in [6.45, 7) is 5.91. The number of para-hydroxylation sites is 1. The van der Waals surface area contributed by atoms with Crippen molar-refractivity contribution in [2.45, 2.75) is 27.2 Å². The lowest BCUT2D eigenvalue weighted by atomic mass is 10.1. The molecule has 0 bridgehead atoms. The molecule has 0 amide bonds. The van der Waals surface area contributed by atoms with Crippen LogP contribution in [-0.4, -0.2) is 27.2 Å². The van der Waals surface area contributed by atoms with Crippen LogP contribution in [-0.2, 0) is 11.2 Å². The van der Waals surface area contributed by atoms with Crippen LogP contribution in [0.1, 0.15) is 36.8 Å². The molecule has 0 radical (unpaired) electrons. The molecule has 0 spiro atoms. The largest absolute Gasteiger partial charge is 0.506 e. The highest BCUT2D eigenvalue weighted by molar-refractivity contribution is 5.99. The molecule has 0 aliphatic rings. The highest BCUT2D eigenvalue weighted by atomic mass is 16.5. The van der Waals surface area contributed by atoms with Crippen LogP contribution in [0.25, 0.3) is 16.7 Å². The Morgan fingerprint density at radius 1 is 1.19 bits per heavy atom. The number of hydrogen-bond acceptors (Lipinski definition) is 5. The SMILES string of the molecule is CCOC(=O)c1c(O)c2ccc(CC(C)C)nc2n(-c2ccccc2)c1=O. The van der Waals surface area contributed by atoms with Crippen LogP contribution in [0.4, 0.5) is 0 Å². The molecule has 6 nitrogen and oxygen atoms in total. The molecule has 0 aliphatic carbocycles. The monoisotopic (exact) mass is 366 g/mol. The quantitative estimate of drug-likeness (QED) is 0.699. The fourth-order valence-electron chi connectivity index (χ4n) is 3.02. The molecule has 0 atom stereocenters. The molecule has 2 aromatic heterocycles. The first kappa shape index (κ1) is 18.6. The Morgan fingerprint density at radius 3 is 2.52 bits per heavy atom. The van der Waals surface area contributed by atoms with Crippen molar-refractivity contribution in [3.05, 3.63) is 64.1 Å². The predicted octanol–water partition coefficient (Wildman–Crippen LogP) is 3.47. The van der Waals surface area contributed by atoms with E-state index in [9.17, 15) is 14.7 Å². The molecule has 3 aromatic rings. The van der Waals surface area contributed by atoms with Crippen molar-refractivity contribution in [3.8, 4) is 11.4 Å². The maximum Gasteiger partial charge on any atom is 0.347 e. The van der Waals surface area contributed by atoms with E-state index in [-0.39, 0.29) is 12.2 Å². The summed E-state index contributed by atoms with van der Waals surface area (Å²) < 4.78 is 6.33. The van der Waals surface area contributed by atoms with Crippen LogP contribution >= 0.6 is 0 Å². The van der Waals surface area contributed by atoms with Crippen molar-refractivity contribution < 1.29 is 14.6 Å². The van der Waals surface area contributed by atoms with E-state index in [2.05, 4.69) is 18.8 Å². The van der Waals surface area contributed by atoms with E-state index >= 15 is 0 Å². The Labute approximate surface area is 157 Å². The fourth-order valence-corrected chi connectivity index (χ4v) is 3.02. The number of pyridine rings is 2. The minimum atomic E-state index is -0.849. The smallest absolute Gasteiger partial charge is 0.347 e. The molecule has 0 unspecified atom stereocenters. The number of esters is 1. The number of hydrogen-bond donors (Lipinski definition) is 1. The van der Waals surface area contributed by atoms with Gasteiger partial charge in [0.2, 0.25) is 0 Å². The van der Waals surface area contributed by atoms with Gasteiger partial charge in [0.15, 0.2) is 11.2 Å². The van der Waals surface area contributed by atoms with Crippen molar-refractivity contribution in [3.63, 3.8) is 0 Å². The topological polar surface area (TPSA) is 81.4 Å². The maximum atomic E-state index is 13.1. The minimum absolute atomic E-state index is 0.104. The molecular weight excluding hydrogens is 344 g/mol. The van der Waals surface area contributed by atoms with Gasteiger partial charge in [0.05, 0.1) is 17.7 Å². The standard InChI is InChI=1S/C21H22N2O4/c1-4-27-21(26)17-18(24)16-11-10-14(12-13(2)3)22-19(16)23(20(17)25)15-8-6-5-7-9-15/h5-11,13,24H,4,12H2,1-3H3. The Hall–Kier alpha value is -3.15. The molecule has 3 rings (SSSR count). The molecule has 0 saturated heterocycles. The normalized spacial score (nSPS) is 11.1. The van der Waals surface area contributed by atoms with Crippen molar-refractivity contribution in [2.75, 3.05) is 6.61 Å². The third-order valence-electron chi connectivity index (χ3n) is 4.16. The first-order chi connectivity index (χ1) is 12.9. The summed E-state index contributed by atoms with van der Waals surface area (Å²) in [4.78, 5) is 30.0. The number of ether oxygens (including phenoxy) is 1. The predicted molar refractivity (Wildman–Crippen MR) is 104 cm³/mol. The number of benzene rings is 1. The summed E-state index contributed by atoms with van der Waals surface area (Å²) in [6.07, 6.45) is 0.735. The lowest BCUT2D eigenvalue weighted by molar-refractivity contribution is 0.0521. The van der Waals surface area contributed by atoms with Crippen molar-refractivity contribution >= 4 is 17.0 Å². The molecular formula is C21H22N2O4. The summed E-state index contributed by atoms with van der Waals surface area (Å²) in [5, 5.41) is 10.9. The van der Waals surface area contributed by atoms with Gasteiger partial charge in [0.1, 0.15) is 5.75 Å². The summed E-state index contributed by atoms with van der Waals surface area (Å²) in [5.74, 6) is -0.860. The zero-order valence-electron chi connectivity index (χ0n) is 15.6. The van der Waals surface area contributed by atoms with Gasteiger partial charge in [-0.15, -0.1) is 0 Å². The Balaban J connectivity index is 2.39. The Kier molecular flexibility index (Phi) is 5.26. The van der Waals surface area contributed by atoms with Crippen LogP contribution in [0.5, 0.6) is 5.75 Å². The third-order valence-corrected chi connectivity index (χ3v) is 4.16. The molecule has 140 valence electrons. The van der Waals surface area contributed by atoms with Crippen LogP contribution in [0.2, 0.25) is 0 Å². The molecule has 6 heteroatoms. The van der Waals surface area contributed by atoms with Gasteiger partial charge in [0, 0.05) is 5.69 Å². The second-order valence-corrected chi connectivity index (χ2v) is 6.69. The highest BCUT2D eigenvalue weighted by Crippen LogP contribution is 2.28. The second-order valence-electron chi connectivity index (χ2n) is 6.69. The van der Waals surface area contributed by atoms with Gasteiger partial charge in [-0.05, 0) is 43.5 Å². The van der Waals surface area contributed by atoms with Gasteiger partial charge in [-0.3, -0.25) is 9.36 Å². The Morgan fingerprint density at radius 2 is 1.89 bits per heavy atom. The summed E-state index contributed by atoms with van der Waals surface area (Å²) in [6, 6.07) is 12.4. The van der Waals surface area contributed by atoms with E-state index < -0.39 is 17.3 Å². The fraction of sp³-hybridized carbons (Fsp3) is 0.286. The number of aromatic nitrogens is 2. The van der Waals surface area contributed by atoms with Crippen LogP contribution in [0.15, 0.2) is 47.3 Å². The van der Waals surface area contributed by atoms with Gasteiger partial charge in [-0.25, -0.2) is 9.78 Å². The van der Waals surface area contributed by atoms with E-state index in [1.54, 1.807) is 43.3 Å². The van der Waals surface area contributed by atoms with Crippen LogP contribution in [0.3, 0.4) is 0 Å². The van der Waals surface area contributed by atoms with Crippen molar-refractivity contribution in [2.24, 2.45) is 5.92 Å². The van der Waals surface area contributed by atoms with E-state index in [0.717, 1.165) is 12.1 Å². The number of aromatic hydroxyl groups is 1. The average molecular weight is 366 g/mol. The molecule has 27 heavy (non-hydrogen) atoms. The highest BCUT2D eigenvalue weighted by Gasteiger charge is 2.25. The van der Waals surface area contributed by atoms with Crippen molar-refractivity contribution in [1.82, 2.24) is 9.55 Å². The third kappa shape index (κ3) is 3.56. The number of carbonyl (C=O) groups excluding carboxylic acids is 1. The van der Waals surface area contributed by atoms with E-state index in [4.69, 9.17) is 4.74 Å². The summed E-state index contributed by atoms with van der Waals surface area (Å²) in [5.41, 5.74) is 0.650. The first-order valence-electron chi connectivity index (χ1n) is 8.94. The van der Waals surface area contributed by atoms with Gasteiger partial charge < -0.3 is 9.84 Å². The molecule has 2 heterocycles. The zero-order valence-corrected chi connectivity index (χ0v) is 15.6. The number of nitrogens with zero attached hydrogens (tertiary/aromatic N) is 2. The number of carbonyl (C=O) groups is 1. The minimum Gasteiger partial charge on any atom is -0.506 e. The zero-order chi connectivity index (χ0) is 19.6. The van der Waals surface area contributed by atoms with E-state index in [1.165, 1.54) is 4.57 Å². The van der Waals surface area contributed by atoms with Crippen LogP contribution in [0, 0.1) is 5.92 Å². The molecule has 1 N–H and O–H groups in total. The number of rotatable bonds is 5. The maximum absolute atomic E-state index is 13.1. The molecule has 0 fully saturated rings. The summed E-state index contributed by atoms with van der Waals surface area (Å²) >= 11 is 0. The lowest BCUT2D eigenvalue weighted by Crippen LogP contribution is -2.27.